The number of imidazole rings is 1. The molecule has 0 radical (unpaired) electrons. The van der Waals surface area contributed by atoms with Gasteiger partial charge in [0.05, 0.1) is 29.9 Å². The van der Waals surface area contributed by atoms with Gasteiger partial charge >= 0.3 is 6.09 Å². The summed E-state index contributed by atoms with van der Waals surface area (Å²) in [5, 5.41) is 9.81. The molecule has 6 rings (SSSR count). The number of nitrogens with zero attached hydrogens (tertiary/aromatic N) is 4. The number of carbonyl (C=O) groups is 1. The lowest BCUT2D eigenvalue weighted by atomic mass is 9.78. The minimum atomic E-state index is -0.890. The van der Waals surface area contributed by atoms with Crippen LogP contribution in [0.15, 0.2) is 42.5 Å². The number of carboxylic acid groups (broad SMARTS) is 1. The van der Waals surface area contributed by atoms with Crippen molar-refractivity contribution < 1.29 is 14.6 Å². The number of amides is 1. The molecule has 2 aromatic carbocycles. The molecule has 0 aliphatic carbocycles. The molecule has 7 nitrogen and oxygen atoms in total. The third kappa shape index (κ3) is 3.50. The van der Waals surface area contributed by atoms with Crippen molar-refractivity contribution in [2.24, 2.45) is 5.41 Å². The number of benzene rings is 2. The van der Waals surface area contributed by atoms with Gasteiger partial charge in [-0.2, -0.15) is 0 Å². The van der Waals surface area contributed by atoms with Crippen LogP contribution in [0.3, 0.4) is 0 Å². The molecule has 1 amide bonds. The van der Waals surface area contributed by atoms with E-state index in [-0.39, 0.29) is 6.04 Å². The smallest absolute Gasteiger partial charge is 0.412 e. The van der Waals surface area contributed by atoms with Crippen molar-refractivity contribution in [1.82, 2.24) is 14.5 Å². The number of aryl methyl sites for hydroxylation is 1. The molecule has 1 aromatic heterocycles. The Kier molecular flexibility index (Phi) is 4.92. The van der Waals surface area contributed by atoms with E-state index in [1.807, 2.05) is 19.1 Å². The summed E-state index contributed by atoms with van der Waals surface area (Å²) in [7, 11) is 0. The standard InChI is InChI=1S/C26H30N4O3/c1-18-7-8-20-21(30(18)25(31)32)9-10-22-24(20)27-23(13-19-5-3-2-4-6-19)29(22)12-11-28-14-26(15-28)16-33-17-26/h2-6,9-10,18H,7-8,11-17H2,1H3,(H,31,32). The summed E-state index contributed by atoms with van der Waals surface area (Å²) in [6.45, 7) is 7.90. The Labute approximate surface area is 193 Å². The zero-order valence-corrected chi connectivity index (χ0v) is 19.0. The van der Waals surface area contributed by atoms with E-state index in [0.717, 1.165) is 86.8 Å². The van der Waals surface area contributed by atoms with Crippen LogP contribution >= 0.6 is 0 Å². The SMILES string of the molecule is CC1CCc2c(ccc3c2nc(Cc2ccccc2)n3CCN2CC3(COC3)C2)N1C(=O)O. The molecule has 2 saturated heterocycles. The fourth-order valence-corrected chi connectivity index (χ4v) is 5.81. The highest BCUT2D eigenvalue weighted by atomic mass is 16.5. The van der Waals surface area contributed by atoms with Crippen LogP contribution in [0.25, 0.3) is 11.0 Å². The first-order valence-corrected chi connectivity index (χ1v) is 11.9. The molecular formula is C26H30N4O3. The van der Waals surface area contributed by atoms with Crippen molar-refractivity contribution in [2.45, 2.75) is 38.8 Å². The average Bonchev–Trinajstić information content (AvgIpc) is 3.09. The summed E-state index contributed by atoms with van der Waals surface area (Å²) in [6.07, 6.45) is 1.55. The summed E-state index contributed by atoms with van der Waals surface area (Å²) in [5.74, 6) is 1.05. The van der Waals surface area contributed by atoms with E-state index in [2.05, 4.69) is 39.8 Å². The second kappa shape index (κ2) is 7.85. The van der Waals surface area contributed by atoms with Crippen molar-refractivity contribution in [3.8, 4) is 0 Å². The van der Waals surface area contributed by atoms with Gasteiger partial charge in [0, 0.05) is 49.6 Å². The number of hydrogen-bond donors (Lipinski definition) is 1. The number of rotatable bonds is 5. The van der Waals surface area contributed by atoms with Crippen molar-refractivity contribution in [1.29, 1.82) is 0 Å². The number of fused-ring (bicyclic) bond motifs is 3. The molecule has 1 atom stereocenters. The van der Waals surface area contributed by atoms with Gasteiger partial charge in [-0.3, -0.25) is 4.90 Å². The molecule has 172 valence electrons. The molecule has 33 heavy (non-hydrogen) atoms. The van der Waals surface area contributed by atoms with Gasteiger partial charge in [-0.05, 0) is 37.5 Å². The molecule has 4 heterocycles. The Morgan fingerprint density at radius 3 is 2.64 bits per heavy atom. The van der Waals surface area contributed by atoms with E-state index in [4.69, 9.17) is 9.72 Å². The minimum Gasteiger partial charge on any atom is -0.465 e. The third-order valence-corrected chi connectivity index (χ3v) is 7.58. The van der Waals surface area contributed by atoms with E-state index in [0.29, 0.717) is 5.41 Å². The molecule has 0 bridgehead atoms. The largest absolute Gasteiger partial charge is 0.465 e. The molecule has 1 spiro atoms. The van der Waals surface area contributed by atoms with Crippen LogP contribution in [-0.2, 0) is 24.1 Å². The summed E-state index contributed by atoms with van der Waals surface area (Å²) in [4.78, 5) is 21.1. The first-order chi connectivity index (χ1) is 16.0. The molecule has 7 heteroatoms. The lowest BCUT2D eigenvalue weighted by Gasteiger charge is -2.55. The van der Waals surface area contributed by atoms with Gasteiger partial charge in [0.1, 0.15) is 5.82 Å². The predicted molar refractivity (Wildman–Crippen MR) is 127 cm³/mol. The quantitative estimate of drug-likeness (QED) is 0.646. The lowest BCUT2D eigenvalue weighted by molar-refractivity contribution is -0.189. The van der Waals surface area contributed by atoms with Crippen LogP contribution in [0.1, 0.15) is 30.3 Å². The number of hydrogen-bond acceptors (Lipinski definition) is 4. The highest BCUT2D eigenvalue weighted by Crippen LogP contribution is 2.38. The summed E-state index contributed by atoms with van der Waals surface area (Å²) >= 11 is 0. The minimum absolute atomic E-state index is 0.0208. The Morgan fingerprint density at radius 2 is 1.94 bits per heavy atom. The Balaban J connectivity index is 1.36. The summed E-state index contributed by atoms with van der Waals surface area (Å²) in [6, 6.07) is 14.5. The van der Waals surface area contributed by atoms with Crippen molar-refractivity contribution >= 4 is 22.8 Å². The normalized spacial score (nSPS) is 21.6. The lowest BCUT2D eigenvalue weighted by Crippen LogP contribution is -2.66. The van der Waals surface area contributed by atoms with Crippen LogP contribution in [0.2, 0.25) is 0 Å². The van der Waals surface area contributed by atoms with E-state index in [9.17, 15) is 9.90 Å². The molecule has 3 aliphatic rings. The molecular weight excluding hydrogens is 416 g/mol. The fraction of sp³-hybridized carbons (Fsp3) is 0.462. The first kappa shape index (κ1) is 20.7. The van der Waals surface area contributed by atoms with E-state index in [1.165, 1.54) is 10.5 Å². The Bertz CT molecular complexity index is 1190. The van der Waals surface area contributed by atoms with Crippen LogP contribution in [0.4, 0.5) is 10.5 Å². The van der Waals surface area contributed by atoms with Crippen LogP contribution in [0, 0.1) is 5.41 Å². The molecule has 1 N–H and O–H groups in total. The predicted octanol–water partition coefficient (Wildman–Crippen LogP) is 3.78. The maximum Gasteiger partial charge on any atom is 0.412 e. The number of aromatic nitrogens is 2. The molecule has 2 fully saturated rings. The second-order valence-electron chi connectivity index (χ2n) is 10.0. The van der Waals surface area contributed by atoms with Crippen LogP contribution < -0.4 is 4.90 Å². The third-order valence-electron chi connectivity index (χ3n) is 7.58. The first-order valence-electron chi connectivity index (χ1n) is 11.9. The van der Waals surface area contributed by atoms with Gasteiger partial charge in [-0.25, -0.2) is 9.78 Å². The topological polar surface area (TPSA) is 70.8 Å². The van der Waals surface area contributed by atoms with Gasteiger partial charge in [0.25, 0.3) is 0 Å². The molecule has 1 unspecified atom stereocenters. The van der Waals surface area contributed by atoms with Crippen LogP contribution in [-0.4, -0.2) is 64.5 Å². The van der Waals surface area contributed by atoms with Gasteiger partial charge in [0.2, 0.25) is 0 Å². The molecule has 3 aliphatic heterocycles. The van der Waals surface area contributed by atoms with E-state index < -0.39 is 6.09 Å². The van der Waals surface area contributed by atoms with E-state index in [1.54, 1.807) is 0 Å². The monoisotopic (exact) mass is 446 g/mol. The van der Waals surface area contributed by atoms with Gasteiger partial charge in [-0.1, -0.05) is 30.3 Å². The molecule has 0 saturated carbocycles. The fourth-order valence-electron chi connectivity index (χ4n) is 5.81. The summed E-state index contributed by atoms with van der Waals surface area (Å²) < 4.78 is 7.78. The van der Waals surface area contributed by atoms with Crippen LogP contribution in [0.5, 0.6) is 0 Å². The number of ether oxygens (including phenoxy) is 1. The maximum absolute atomic E-state index is 12.0. The Morgan fingerprint density at radius 1 is 1.15 bits per heavy atom. The number of anilines is 1. The number of likely N-dealkylation sites (tertiary alicyclic amines) is 1. The average molecular weight is 447 g/mol. The van der Waals surface area contributed by atoms with Gasteiger partial charge < -0.3 is 19.3 Å². The highest BCUT2D eigenvalue weighted by molar-refractivity contribution is 5.94. The van der Waals surface area contributed by atoms with E-state index >= 15 is 0 Å². The van der Waals surface area contributed by atoms with Gasteiger partial charge in [0.15, 0.2) is 0 Å². The second-order valence-corrected chi connectivity index (χ2v) is 10.0. The summed E-state index contributed by atoms with van der Waals surface area (Å²) in [5.41, 5.74) is 5.58. The van der Waals surface area contributed by atoms with Crippen molar-refractivity contribution in [3.05, 3.63) is 59.4 Å². The van der Waals surface area contributed by atoms with Gasteiger partial charge in [-0.15, -0.1) is 0 Å². The highest BCUT2D eigenvalue weighted by Gasteiger charge is 2.48. The van der Waals surface area contributed by atoms with Crippen molar-refractivity contribution in [2.75, 3.05) is 37.7 Å². The Hall–Kier alpha value is -2.90. The zero-order valence-electron chi connectivity index (χ0n) is 19.0. The van der Waals surface area contributed by atoms with Crippen molar-refractivity contribution in [3.63, 3.8) is 0 Å². The zero-order chi connectivity index (χ0) is 22.6. The molecule has 3 aromatic rings. The maximum atomic E-state index is 12.0.